The van der Waals surface area contributed by atoms with Crippen molar-refractivity contribution in [1.82, 2.24) is 4.90 Å². The minimum Gasteiger partial charge on any atom is -0.446 e. The van der Waals surface area contributed by atoms with Crippen molar-refractivity contribution in [3.63, 3.8) is 0 Å². The molecule has 2 N–H and O–H groups in total. The monoisotopic (exact) mass is 353 g/mol. The summed E-state index contributed by atoms with van der Waals surface area (Å²) in [6.45, 7) is 1.54. The molecule has 2 aliphatic heterocycles. The van der Waals surface area contributed by atoms with Gasteiger partial charge in [0.1, 0.15) is 5.82 Å². The molecule has 0 aromatic heterocycles. The summed E-state index contributed by atoms with van der Waals surface area (Å²) in [4.78, 5) is 6.87. The predicted octanol–water partition coefficient (Wildman–Crippen LogP) is 3.61. The number of benzene rings is 2. The van der Waals surface area contributed by atoms with Crippen LogP contribution in [0.5, 0.6) is 0 Å². The topological polar surface area (TPSA) is 50.8 Å². The second-order valence-electron chi connectivity index (χ2n) is 6.91. The van der Waals surface area contributed by atoms with E-state index in [0.29, 0.717) is 6.02 Å². The molecule has 0 radical (unpaired) electrons. The molecule has 0 amide bonds. The summed E-state index contributed by atoms with van der Waals surface area (Å²) in [5, 5.41) is 0. The molecular weight excluding hydrogens is 329 g/mol. The number of fused-ring (bicyclic) bond motifs is 1. The lowest BCUT2D eigenvalue weighted by molar-refractivity contribution is 0.126. The van der Waals surface area contributed by atoms with Crippen LogP contribution in [0.1, 0.15) is 42.0 Å². The van der Waals surface area contributed by atoms with Crippen LogP contribution in [0.3, 0.4) is 0 Å². The number of amidine groups is 1. The Hall–Kier alpha value is -2.40. The van der Waals surface area contributed by atoms with E-state index in [1.807, 2.05) is 18.2 Å². The molecule has 26 heavy (non-hydrogen) atoms. The molecule has 2 heterocycles. The van der Waals surface area contributed by atoms with Crippen LogP contribution in [0.4, 0.5) is 4.39 Å². The van der Waals surface area contributed by atoms with Crippen molar-refractivity contribution in [3.05, 3.63) is 71.0 Å². The van der Waals surface area contributed by atoms with Crippen molar-refractivity contribution in [1.29, 1.82) is 0 Å². The molecule has 2 atom stereocenters. The van der Waals surface area contributed by atoms with Crippen LogP contribution in [0.2, 0.25) is 0 Å². The zero-order valence-corrected chi connectivity index (χ0v) is 14.8. The third kappa shape index (κ3) is 3.44. The molecule has 0 saturated carbocycles. The van der Waals surface area contributed by atoms with Crippen LogP contribution in [0, 0.1) is 5.82 Å². The highest BCUT2D eigenvalue weighted by molar-refractivity contribution is 5.76. The molecule has 4 rings (SSSR count). The van der Waals surface area contributed by atoms with Crippen molar-refractivity contribution in [2.45, 2.75) is 38.0 Å². The van der Waals surface area contributed by atoms with Crippen molar-refractivity contribution >= 4 is 6.02 Å². The fourth-order valence-corrected chi connectivity index (χ4v) is 3.80. The lowest BCUT2D eigenvalue weighted by atomic mass is 9.88. The van der Waals surface area contributed by atoms with E-state index >= 15 is 0 Å². The SMILES string of the molecule is N[C@@H]1CCCCN=C(N2CCc3ccccc3[C@@H]2c2ccc(F)cc2)O1. The zero-order chi connectivity index (χ0) is 17.9. The maximum absolute atomic E-state index is 13.5. The van der Waals surface area contributed by atoms with Gasteiger partial charge < -0.3 is 9.64 Å². The van der Waals surface area contributed by atoms with Crippen LogP contribution < -0.4 is 5.73 Å². The smallest absolute Gasteiger partial charge is 0.289 e. The summed E-state index contributed by atoms with van der Waals surface area (Å²) in [7, 11) is 0. The quantitative estimate of drug-likeness (QED) is 0.852. The Labute approximate surface area is 153 Å². The summed E-state index contributed by atoms with van der Waals surface area (Å²) < 4.78 is 19.5. The first-order valence-corrected chi connectivity index (χ1v) is 9.29. The lowest BCUT2D eigenvalue weighted by Crippen LogP contribution is -2.45. The van der Waals surface area contributed by atoms with E-state index in [-0.39, 0.29) is 18.1 Å². The van der Waals surface area contributed by atoms with Crippen LogP contribution in [-0.2, 0) is 11.2 Å². The molecule has 0 saturated heterocycles. The highest BCUT2D eigenvalue weighted by Gasteiger charge is 2.32. The summed E-state index contributed by atoms with van der Waals surface area (Å²) in [6, 6.07) is 15.7. The average molecular weight is 353 g/mol. The molecule has 0 unspecified atom stereocenters. The van der Waals surface area contributed by atoms with E-state index in [0.717, 1.165) is 44.3 Å². The summed E-state index contributed by atoms with van der Waals surface area (Å²) in [5.41, 5.74) is 9.68. The van der Waals surface area contributed by atoms with Crippen molar-refractivity contribution in [3.8, 4) is 0 Å². The van der Waals surface area contributed by atoms with Gasteiger partial charge in [-0.3, -0.25) is 5.73 Å². The van der Waals surface area contributed by atoms with E-state index in [1.165, 1.54) is 23.3 Å². The molecular formula is C21H24FN3O. The Balaban J connectivity index is 1.76. The Morgan fingerprint density at radius 2 is 1.88 bits per heavy atom. The number of nitrogens with two attached hydrogens (primary N) is 1. The van der Waals surface area contributed by atoms with Crippen LogP contribution in [-0.4, -0.2) is 30.2 Å². The van der Waals surface area contributed by atoms with E-state index in [4.69, 9.17) is 10.5 Å². The van der Waals surface area contributed by atoms with Gasteiger partial charge in [0.25, 0.3) is 6.02 Å². The molecule has 2 aromatic rings. The number of hydrogen-bond donors (Lipinski definition) is 1. The maximum atomic E-state index is 13.5. The Morgan fingerprint density at radius 3 is 2.73 bits per heavy atom. The summed E-state index contributed by atoms with van der Waals surface area (Å²) >= 11 is 0. The maximum Gasteiger partial charge on any atom is 0.289 e. The number of aliphatic imine (C=N–C) groups is 1. The first-order chi connectivity index (χ1) is 12.7. The molecule has 0 spiro atoms. The van der Waals surface area contributed by atoms with Gasteiger partial charge in [-0.25, -0.2) is 9.38 Å². The highest BCUT2D eigenvalue weighted by Crippen LogP contribution is 2.36. The third-order valence-corrected chi connectivity index (χ3v) is 5.12. The second kappa shape index (κ2) is 7.46. The number of ether oxygens (including phenoxy) is 1. The first kappa shape index (κ1) is 17.0. The van der Waals surface area contributed by atoms with E-state index in [9.17, 15) is 4.39 Å². The molecule has 2 aliphatic rings. The van der Waals surface area contributed by atoms with Crippen molar-refractivity contribution in [2.75, 3.05) is 13.1 Å². The number of nitrogens with zero attached hydrogens (tertiary/aromatic N) is 2. The lowest BCUT2D eigenvalue weighted by Gasteiger charge is -2.40. The third-order valence-electron chi connectivity index (χ3n) is 5.12. The van der Waals surface area contributed by atoms with E-state index in [2.05, 4.69) is 28.1 Å². The van der Waals surface area contributed by atoms with Gasteiger partial charge >= 0.3 is 0 Å². The van der Waals surface area contributed by atoms with Gasteiger partial charge in [0, 0.05) is 13.1 Å². The Kier molecular flexibility index (Phi) is 4.89. The summed E-state index contributed by atoms with van der Waals surface area (Å²) in [5.74, 6) is -0.231. The molecule has 0 aliphatic carbocycles. The second-order valence-corrected chi connectivity index (χ2v) is 6.91. The zero-order valence-electron chi connectivity index (χ0n) is 14.8. The van der Waals surface area contributed by atoms with Gasteiger partial charge in [0.15, 0.2) is 6.23 Å². The van der Waals surface area contributed by atoms with Gasteiger partial charge in [-0.2, -0.15) is 0 Å². The van der Waals surface area contributed by atoms with Gasteiger partial charge in [-0.05, 0) is 54.5 Å². The van der Waals surface area contributed by atoms with Crippen LogP contribution in [0.25, 0.3) is 0 Å². The number of rotatable bonds is 1. The van der Waals surface area contributed by atoms with Gasteiger partial charge in [0.2, 0.25) is 0 Å². The first-order valence-electron chi connectivity index (χ1n) is 9.29. The summed E-state index contributed by atoms with van der Waals surface area (Å²) in [6.07, 6.45) is 3.48. The minimum atomic E-state index is -0.333. The average Bonchev–Trinajstić information content (AvgIpc) is 2.64. The standard InChI is InChI=1S/C21H24FN3O/c22-17-10-8-16(9-11-17)20-18-6-2-1-5-15(18)12-14-25(20)21-24-13-4-3-7-19(23)26-21/h1-2,5-6,8-11,19-20H,3-4,7,12-14,23H2/t19-,20-/m0/s1. The molecule has 0 bridgehead atoms. The van der Waals surface area contributed by atoms with Crippen LogP contribution >= 0.6 is 0 Å². The van der Waals surface area contributed by atoms with Crippen LogP contribution in [0.15, 0.2) is 53.5 Å². The van der Waals surface area contributed by atoms with E-state index in [1.54, 1.807) is 0 Å². The van der Waals surface area contributed by atoms with E-state index < -0.39 is 0 Å². The molecule has 0 fully saturated rings. The normalized spacial score (nSPS) is 23.3. The minimum absolute atomic E-state index is 0.0501. The molecule has 2 aromatic carbocycles. The van der Waals surface area contributed by atoms with Crippen molar-refractivity contribution in [2.24, 2.45) is 10.7 Å². The predicted molar refractivity (Wildman–Crippen MR) is 100 cm³/mol. The molecule has 136 valence electrons. The number of hydrogen-bond acceptors (Lipinski definition) is 4. The Bertz CT molecular complexity index is 790. The van der Waals surface area contributed by atoms with Gasteiger partial charge in [0.05, 0.1) is 6.04 Å². The Morgan fingerprint density at radius 1 is 1.08 bits per heavy atom. The fourth-order valence-electron chi connectivity index (χ4n) is 3.80. The molecule has 4 nitrogen and oxygen atoms in total. The van der Waals surface area contributed by atoms with Gasteiger partial charge in [-0.1, -0.05) is 36.4 Å². The molecule has 5 heteroatoms. The number of halogens is 1. The fraction of sp³-hybridized carbons (Fsp3) is 0.381. The van der Waals surface area contributed by atoms with Gasteiger partial charge in [-0.15, -0.1) is 0 Å². The highest BCUT2D eigenvalue weighted by atomic mass is 19.1. The largest absolute Gasteiger partial charge is 0.446 e. The van der Waals surface area contributed by atoms with Crippen molar-refractivity contribution < 1.29 is 9.13 Å².